The van der Waals surface area contributed by atoms with Crippen molar-refractivity contribution in [2.24, 2.45) is 12.8 Å². The minimum absolute atomic E-state index is 0.133. The summed E-state index contributed by atoms with van der Waals surface area (Å²) in [7, 11) is 1.84. The number of nitrogens with one attached hydrogen (secondary N) is 1. The molecular formula is C21H19ClN6OS. The minimum atomic E-state index is 0.133. The van der Waals surface area contributed by atoms with Crippen molar-refractivity contribution < 1.29 is 4.74 Å². The summed E-state index contributed by atoms with van der Waals surface area (Å²) in [5.74, 6) is 1.20. The first-order chi connectivity index (χ1) is 14.5. The van der Waals surface area contributed by atoms with Crippen molar-refractivity contribution >= 4 is 45.7 Å². The van der Waals surface area contributed by atoms with Crippen LogP contribution in [0.4, 0.5) is 5.82 Å². The topological polar surface area (TPSA) is 90.9 Å². The largest absolute Gasteiger partial charge is 0.491 e. The number of nitrogens with two attached hydrogens (primary N) is 1. The van der Waals surface area contributed by atoms with E-state index in [1.807, 2.05) is 37.4 Å². The Balaban J connectivity index is 1.77. The third kappa shape index (κ3) is 4.19. The molecule has 0 fully saturated rings. The van der Waals surface area contributed by atoms with Crippen molar-refractivity contribution in [3.63, 3.8) is 0 Å². The Labute approximate surface area is 183 Å². The highest BCUT2D eigenvalue weighted by molar-refractivity contribution is 7.80. The van der Waals surface area contributed by atoms with E-state index in [0.717, 1.165) is 22.2 Å². The number of aromatic nitrogens is 4. The van der Waals surface area contributed by atoms with E-state index in [0.29, 0.717) is 35.3 Å². The fourth-order valence-electron chi connectivity index (χ4n) is 3.24. The van der Waals surface area contributed by atoms with Gasteiger partial charge in [0.25, 0.3) is 0 Å². The lowest BCUT2D eigenvalue weighted by molar-refractivity contribution is 0.323. The highest BCUT2D eigenvalue weighted by Crippen LogP contribution is 2.37. The van der Waals surface area contributed by atoms with E-state index >= 15 is 0 Å². The third-order valence-electron chi connectivity index (χ3n) is 4.52. The van der Waals surface area contributed by atoms with E-state index in [2.05, 4.69) is 20.4 Å². The lowest BCUT2D eigenvalue weighted by Crippen LogP contribution is -2.19. The Hall–Kier alpha value is -3.23. The minimum Gasteiger partial charge on any atom is -0.491 e. The van der Waals surface area contributed by atoms with Crippen LogP contribution in [0.25, 0.3) is 22.2 Å². The number of hydrogen-bond acceptors (Lipinski definition) is 5. The van der Waals surface area contributed by atoms with Gasteiger partial charge in [0, 0.05) is 42.5 Å². The fourth-order valence-corrected chi connectivity index (χ4v) is 3.57. The zero-order chi connectivity index (χ0) is 21.1. The van der Waals surface area contributed by atoms with Gasteiger partial charge in [-0.25, -0.2) is 0 Å². The monoisotopic (exact) mass is 438 g/mol. The predicted octanol–water partition coefficient (Wildman–Crippen LogP) is 3.96. The van der Waals surface area contributed by atoms with E-state index in [4.69, 9.17) is 34.3 Å². The molecule has 0 atom stereocenters. The maximum Gasteiger partial charge on any atom is 0.169 e. The first kappa shape index (κ1) is 20.1. The number of fused-ring (bicyclic) bond motifs is 1. The molecule has 1 aromatic carbocycles. The summed E-state index contributed by atoms with van der Waals surface area (Å²) in [4.78, 5) is 8.77. The molecule has 0 unspecified atom stereocenters. The summed E-state index contributed by atoms with van der Waals surface area (Å²) in [5.41, 5.74) is 8.91. The van der Waals surface area contributed by atoms with Crippen LogP contribution in [-0.4, -0.2) is 31.5 Å². The van der Waals surface area contributed by atoms with Crippen molar-refractivity contribution in [3.8, 4) is 17.0 Å². The van der Waals surface area contributed by atoms with Crippen LogP contribution < -0.4 is 15.8 Å². The molecule has 9 heteroatoms. The van der Waals surface area contributed by atoms with Crippen LogP contribution in [0.2, 0.25) is 5.02 Å². The van der Waals surface area contributed by atoms with Gasteiger partial charge < -0.3 is 15.8 Å². The number of benzene rings is 1. The summed E-state index contributed by atoms with van der Waals surface area (Å²) in [6.07, 6.45) is 4.14. The zero-order valence-electron chi connectivity index (χ0n) is 16.2. The number of halogens is 1. The van der Waals surface area contributed by atoms with Gasteiger partial charge in [-0.3, -0.25) is 14.6 Å². The lowest BCUT2D eigenvalue weighted by Gasteiger charge is -2.12. The molecule has 0 radical (unpaired) electrons. The lowest BCUT2D eigenvalue weighted by atomic mass is 10.1. The molecular weight excluding hydrogens is 420 g/mol. The summed E-state index contributed by atoms with van der Waals surface area (Å²) >= 11 is 11.4. The third-order valence-corrected chi connectivity index (χ3v) is 4.93. The Morgan fingerprint density at radius 3 is 2.77 bits per heavy atom. The number of thiocarbonyl (C=S) groups is 1. The molecule has 0 bridgehead atoms. The molecule has 152 valence electrons. The molecule has 4 aromatic rings. The normalized spacial score (nSPS) is 10.9. The average molecular weight is 439 g/mol. The van der Waals surface area contributed by atoms with Crippen molar-refractivity contribution in [3.05, 3.63) is 65.6 Å². The average Bonchev–Trinajstić information content (AvgIpc) is 3.04. The van der Waals surface area contributed by atoms with Gasteiger partial charge in [0.05, 0.1) is 17.3 Å². The quantitative estimate of drug-likeness (QED) is 0.440. The van der Waals surface area contributed by atoms with Crippen LogP contribution in [0.5, 0.6) is 5.75 Å². The Kier molecular flexibility index (Phi) is 5.78. The number of anilines is 1. The molecule has 3 heterocycles. The summed E-state index contributed by atoms with van der Waals surface area (Å²) in [5, 5.41) is 8.92. The second-order valence-corrected chi connectivity index (χ2v) is 7.43. The van der Waals surface area contributed by atoms with Gasteiger partial charge in [0.2, 0.25) is 0 Å². The van der Waals surface area contributed by atoms with Gasteiger partial charge in [-0.2, -0.15) is 5.10 Å². The molecule has 0 spiro atoms. The molecule has 0 aliphatic carbocycles. The molecule has 0 aliphatic rings. The zero-order valence-corrected chi connectivity index (χ0v) is 17.7. The molecule has 0 saturated heterocycles. The smallest absolute Gasteiger partial charge is 0.169 e. The molecule has 3 aromatic heterocycles. The molecule has 3 N–H and O–H groups in total. The number of pyridine rings is 2. The Bertz CT molecular complexity index is 1210. The van der Waals surface area contributed by atoms with Crippen LogP contribution in [0.1, 0.15) is 5.69 Å². The second-order valence-electron chi connectivity index (χ2n) is 6.59. The fraction of sp³-hybridized carbons (Fsp3) is 0.143. The van der Waals surface area contributed by atoms with Gasteiger partial charge in [-0.05, 0) is 48.6 Å². The van der Waals surface area contributed by atoms with Crippen molar-refractivity contribution in [1.29, 1.82) is 0 Å². The number of rotatable bonds is 6. The van der Waals surface area contributed by atoms with Crippen LogP contribution in [0, 0.1) is 0 Å². The van der Waals surface area contributed by atoms with E-state index in [1.165, 1.54) is 0 Å². The standard InChI is InChI=1S/C21H19ClN6OS/c1-28-19-15(20(27-28)26-21(23)30)11-13(18-16(22)6-4-9-25-18)12-17(19)29-10-7-14-5-2-3-8-24-14/h2-6,8-9,11-12H,7,10H2,1H3,(H3,23,26,27,30). The molecule has 7 nitrogen and oxygen atoms in total. The predicted molar refractivity (Wildman–Crippen MR) is 123 cm³/mol. The van der Waals surface area contributed by atoms with Crippen LogP contribution in [0.15, 0.2) is 54.9 Å². The van der Waals surface area contributed by atoms with Crippen LogP contribution in [-0.2, 0) is 13.5 Å². The van der Waals surface area contributed by atoms with E-state index in [1.54, 1.807) is 29.2 Å². The first-order valence-electron chi connectivity index (χ1n) is 9.23. The van der Waals surface area contributed by atoms with Crippen molar-refractivity contribution in [2.45, 2.75) is 6.42 Å². The van der Waals surface area contributed by atoms with Crippen LogP contribution in [0.3, 0.4) is 0 Å². The van der Waals surface area contributed by atoms with Gasteiger partial charge in [-0.15, -0.1) is 0 Å². The van der Waals surface area contributed by atoms with Gasteiger partial charge in [0.15, 0.2) is 10.9 Å². The van der Waals surface area contributed by atoms with Gasteiger partial charge in [-0.1, -0.05) is 17.7 Å². The summed E-state index contributed by atoms with van der Waals surface area (Å²) < 4.78 is 7.89. The van der Waals surface area contributed by atoms with E-state index in [9.17, 15) is 0 Å². The molecule has 30 heavy (non-hydrogen) atoms. The SMILES string of the molecule is Cn1nc(NC(N)=S)c2cc(-c3ncccc3Cl)cc(OCCc3ccccn3)c21. The Morgan fingerprint density at radius 2 is 2.03 bits per heavy atom. The molecule has 4 rings (SSSR count). The summed E-state index contributed by atoms with van der Waals surface area (Å²) in [6.45, 7) is 0.453. The molecule has 0 saturated carbocycles. The molecule has 0 aliphatic heterocycles. The number of ether oxygens (including phenoxy) is 1. The number of aryl methyl sites for hydroxylation is 1. The highest BCUT2D eigenvalue weighted by Gasteiger charge is 2.18. The maximum absolute atomic E-state index is 6.39. The van der Waals surface area contributed by atoms with Gasteiger partial charge >= 0.3 is 0 Å². The first-order valence-corrected chi connectivity index (χ1v) is 10.0. The van der Waals surface area contributed by atoms with Crippen molar-refractivity contribution in [2.75, 3.05) is 11.9 Å². The summed E-state index contributed by atoms with van der Waals surface area (Å²) in [6, 6.07) is 13.3. The highest BCUT2D eigenvalue weighted by atomic mass is 35.5. The molecule has 0 amide bonds. The Morgan fingerprint density at radius 1 is 1.20 bits per heavy atom. The van der Waals surface area contributed by atoms with Crippen molar-refractivity contribution in [1.82, 2.24) is 19.7 Å². The second kappa shape index (κ2) is 8.64. The van der Waals surface area contributed by atoms with E-state index in [-0.39, 0.29) is 5.11 Å². The number of nitrogens with zero attached hydrogens (tertiary/aromatic N) is 4. The van der Waals surface area contributed by atoms with Crippen LogP contribution >= 0.6 is 23.8 Å². The number of hydrogen-bond donors (Lipinski definition) is 2. The van der Waals surface area contributed by atoms with Gasteiger partial charge in [0.1, 0.15) is 11.3 Å². The van der Waals surface area contributed by atoms with E-state index < -0.39 is 0 Å². The maximum atomic E-state index is 6.39.